The normalized spacial score (nSPS) is 11.7. The van der Waals surface area contributed by atoms with Crippen molar-refractivity contribution < 1.29 is 14.3 Å². The van der Waals surface area contributed by atoms with Crippen LogP contribution in [-0.2, 0) is 17.9 Å². The molecule has 0 bridgehead atoms. The van der Waals surface area contributed by atoms with Crippen molar-refractivity contribution in [2.75, 3.05) is 5.32 Å². The minimum atomic E-state index is -0.380. The number of anilines is 1. The molecule has 0 unspecified atom stereocenters. The zero-order chi connectivity index (χ0) is 21.5. The lowest BCUT2D eigenvalue weighted by Crippen LogP contribution is -2.23. The largest absolute Gasteiger partial charge is 0.486 e. The average molecular weight is 425 g/mol. The second-order valence-electron chi connectivity index (χ2n) is 6.63. The van der Waals surface area contributed by atoms with Crippen LogP contribution in [0.3, 0.4) is 0 Å². The van der Waals surface area contributed by atoms with Crippen LogP contribution in [0.2, 0.25) is 0 Å². The molecule has 0 spiro atoms. The smallest absolute Gasteiger partial charge is 0.237 e. The third-order valence-corrected chi connectivity index (χ3v) is 5.51. The van der Waals surface area contributed by atoms with Crippen molar-refractivity contribution in [3.8, 4) is 5.75 Å². The molecule has 30 heavy (non-hydrogen) atoms. The number of carbonyl (C=O) groups is 2. The van der Waals surface area contributed by atoms with Gasteiger partial charge in [-0.25, -0.2) is 0 Å². The second-order valence-corrected chi connectivity index (χ2v) is 7.94. The van der Waals surface area contributed by atoms with Crippen LogP contribution in [0.15, 0.2) is 59.8 Å². The number of aromatic nitrogens is 3. The van der Waals surface area contributed by atoms with Crippen molar-refractivity contribution in [3.63, 3.8) is 0 Å². The van der Waals surface area contributed by atoms with Gasteiger partial charge in [0.2, 0.25) is 5.91 Å². The van der Waals surface area contributed by atoms with Crippen LogP contribution in [0.25, 0.3) is 0 Å². The van der Waals surface area contributed by atoms with Gasteiger partial charge in [0.1, 0.15) is 12.4 Å². The number of hydrogen-bond acceptors (Lipinski definition) is 6. The van der Waals surface area contributed by atoms with E-state index in [1.165, 1.54) is 18.7 Å². The summed E-state index contributed by atoms with van der Waals surface area (Å²) in [6, 6.07) is 16.4. The van der Waals surface area contributed by atoms with E-state index in [0.29, 0.717) is 35.4 Å². The van der Waals surface area contributed by atoms with Gasteiger partial charge >= 0.3 is 0 Å². The molecule has 8 heteroatoms. The SMILES string of the molecule is CCn1c(COc2ccccc2)nnc1S[C@@H](C)C(=O)Nc1ccc(C(C)=O)cc1. The number of rotatable bonds is 9. The van der Waals surface area contributed by atoms with Crippen molar-refractivity contribution >= 4 is 29.1 Å². The Bertz CT molecular complexity index is 1000. The molecule has 0 fully saturated rings. The molecule has 1 atom stereocenters. The van der Waals surface area contributed by atoms with Gasteiger partial charge in [0.25, 0.3) is 0 Å². The number of amides is 1. The molecule has 0 aliphatic rings. The van der Waals surface area contributed by atoms with E-state index in [0.717, 1.165) is 5.75 Å². The Balaban J connectivity index is 1.61. The van der Waals surface area contributed by atoms with E-state index in [4.69, 9.17) is 4.74 Å². The molecule has 3 aromatic rings. The maximum atomic E-state index is 12.6. The molecule has 3 rings (SSSR count). The lowest BCUT2D eigenvalue weighted by Gasteiger charge is -2.13. The predicted octanol–water partition coefficient (Wildman–Crippen LogP) is 4.20. The van der Waals surface area contributed by atoms with Crippen molar-refractivity contribution in [3.05, 3.63) is 66.0 Å². The number of benzene rings is 2. The van der Waals surface area contributed by atoms with E-state index in [9.17, 15) is 9.59 Å². The third kappa shape index (κ3) is 5.48. The lowest BCUT2D eigenvalue weighted by atomic mass is 10.1. The van der Waals surface area contributed by atoms with E-state index in [-0.39, 0.29) is 16.9 Å². The molecule has 0 saturated carbocycles. The van der Waals surface area contributed by atoms with Crippen LogP contribution in [0.4, 0.5) is 5.69 Å². The zero-order valence-corrected chi connectivity index (χ0v) is 18.0. The Morgan fingerprint density at radius 1 is 1.10 bits per heavy atom. The fourth-order valence-electron chi connectivity index (χ4n) is 2.74. The summed E-state index contributed by atoms with van der Waals surface area (Å²) >= 11 is 1.34. The number of nitrogens with zero attached hydrogens (tertiary/aromatic N) is 3. The fourth-order valence-corrected chi connectivity index (χ4v) is 3.67. The molecule has 1 N–H and O–H groups in total. The first kappa shape index (κ1) is 21.6. The Morgan fingerprint density at radius 3 is 2.43 bits per heavy atom. The summed E-state index contributed by atoms with van der Waals surface area (Å²) in [5, 5.41) is 11.6. The van der Waals surface area contributed by atoms with Gasteiger partial charge in [-0.3, -0.25) is 9.59 Å². The Labute approximate surface area is 179 Å². The number of hydrogen-bond donors (Lipinski definition) is 1. The number of ether oxygens (including phenoxy) is 1. The quantitative estimate of drug-likeness (QED) is 0.409. The van der Waals surface area contributed by atoms with Gasteiger partial charge in [-0.15, -0.1) is 10.2 Å². The van der Waals surface area contributed by atoms with Crippen molar-refractivity contribution in [1.82, 2.24) is 14.8 Å². The molecule has 0 aliphatic carbocycles. The van der Waals surface area contributed by atoms with Gasteiger partial charge < -0.3 is 14.6 Å². The summed E-state index contributed by atoms with van der Waals surface area (Å²) in [4.78, 5) is 23.9. The zero-order valence-electron chi connectivity index (χ0n) is 17.2. The Morgan fingerprint density at radius 2 is 1.80 bits per heavy atom. The van der Waals surface area contributed by atoms with Crippen molar-refractivity contribution in [1.29, 1.82) is 0 Å². The van der Waals surface area contributed by atoms with Crippen LogP contribution >= 0.6 is 11.8 Å². The van der Waals surface area contributed by atoms with E-state index in [1.54, 1.807) is 24.3 Å². The van der Waals surface area contributed by atoms with Crippen molar-refractivity contribution in [2.45, 2.75) is 44.3 Å². The summed E-state index contributed by atoms with van der Waals surface area (Å²) in [6.45, 7) is 6.30. The minimum absolute atomic E-state index is 0.0113. The van der Waals surface area contributed by atoms with E-state index < -0.39 is 0 Å². The second kappa shape index (κ2) is 10.1. The van der Waals surface area contributed by atoms with Crippen LogP contribution in [-0.4, -0.2) is 31.7 Å². The molecular formula is C22H24N4O3S. The first-order valence-electron chi connectivity index (χ1n) is 9.66. The van der Waals surface area contributed by atoms with Crippen LogP contribution in [0.1, 0.15) is 37.0 Å². The molecule has 1 amide bonds. The number of carbonyl (C=O) groups excluding carboxylic acids is 2. The molecule has 0 saturated heterocycles. The van der Waals surface area contributed by atoms with Gasteiger partial charge in [-0.1, -0.05) is 30.0 Å². The third-order valence-electron chi connectivity index (χ3n) is 4.43. The summed E-state index contributed by atoms with van der Waals surface area (Å²) in [5.74, 6) is 1.31. The highest BCUT2D eigenvalue weighted by atomic mass is 32.2. The van der Waals surface area contributed by atoms with Gasteiger partial charge in [-0.05, 0) is 57.2 Å². The first-order chi connectivity index (χ1) is 14.5. The molecule has 0 radical (unpaired) electrons. The first-order valence-corrected chi connectivity index (χ1v) is 10.5. The van der Waals surface area contributed by atoms with Gasteiger partial charge in [0.15, 0.2) is 16.8 Å². The standard InChI is InChI=1S/C22H24N4O3S/c1-4-26-20(14-29-19-8-6-5-7-9-19)24-25-22(26)30-16(3)21(28)23-18-12-10-17(11-13-18)15(2)27/h5-13,16H,4,14H2,1-3H3,(H,23,28)/t16-/m0/s1. The minimum Gasteiger partial charge on any atom is -0.486 e. The number of Topliss-reactive ketones (excluding diaryl/α,β-unsaturated/α-hetero) is 1. The fraction of sp³-hybridized carbons (Fsp3) is 0.273. The molecule has 2 aromatic carbocycles. The lowest BCUT2D eigenvalue weighted by molar-refractivity contribution is -0.115. The number of ketones is 1. The highest BCUT2D eigenvalue weighted by molar-refractivity contribution is 8.00. The number of nitrogens with one attached hydrogen (secondary N) is 1. The summed E-state index contributed by atoms with van der Waals surface area (Å²) in [7, 11) is 0. The highest BCUT2D eigenvalue weighted by Gasteiger charge is 2.20. The van der Waals surface area contributed by atoms with E-state index >= 15 is 0 Å². The van der Waals surface area contributed by atoms with Gasteiger partial charge in [0, 0.05) is 17.8 Å². The molecule has 156 valence electrons. The Hall–Kier alpha value is -3.13. The summed E-state index contributed by atoms with van der Waals surface area (Å²) in [6.07, 6.45) is 0. The molecule has 1 aromatic heterocycles. The average Bonchev–Trinajstić information content (AvgIpc) is 3.14. The summed E-state index contributed by atoms with van der Waals surface area (Å²) in [5.41, 5.74) is 1.25. The van der Waals surface area contributed by atoms with Crippen LogP contribution in [0.5, 0.6) is 5.75 Å². The highest BCUT2D eigenvalue weighted by Crippen LogP contribution is 2.24. The molecular weight excluding hydrogens is 400 g/mol. The van der Waals surface area contributed by atoms with Crippen molar-refractivity contribution in [2.24, 2.45) is 0 Å². The monoisotopic (exact) mass is 424 g/mol. The van der Waals surface area contributed by atoms with E-state index in [1.807, 2.05) is 48.7 Å². The maximum absolute atomic E-state index is 12.6. The molecule has 0 aliphatic heterocycles. The van der Waals surface area contributed by atoms with Gasteiger partial charge in [-0.2, -0.15) is 0 Å². The molecule has 1 heterocycles. The van der Waals surface area contributed by atoms with Crippen LogP contribution in [0, 0.1) is 0 Å². The summed E-state index contributed by atoms with van der Waals surface area (Å²) < 4.78 is 7.71. The molecule has 7 nitrogen and oxygen atoms in total. The number of para-hydroxylation sites is 1. The Kier molecular flexibility index (Phi) is 7.24. The number of thioether (sulfide) groups is 1. The van der Waals surface area contributed by atoms with Crippen LogP contribution < -0.4 is 10.1 Å². The maximum Gasteiger partial charge on any atom is 0.237 e. The van der Waals surface area contributed by atoms with E-state index in [2.05, 4.69) is 15.5 Å². The predicted molar refractivity (Wildman–Crippen MR) is 117 cm³/mol. The topological polar surface area (TPSA) is 86.1 Å². The van der Waals surface area contributed by atoms with Gasteiger partial charge in [0.05, 0.1) is 5.25 Å².